The van der Waals surface area contributed by atoms with Crippen molar-refractivity contribution in [3.63, 3.8) is 0 Å². The van der Waals surface area contributed by atoms with E-state index in [1.54, 1.807) is 6.92 Å². The smallest absolute Gasteiger partial charge is 0.371 e. The zero-order valence-corrected chi connectivity index (χ0v) is 8.93. The van der Waals surface area contributed by atoms with Gasteiger partial charge in [0.1, 0.15) is 5.76 Å². The molecule has 2 aromatic heterocycles. The molecule has 0 amide bonds. The van der Waals surface area contributed by atoms with Gasteiger partial charge in [0.05, 0.1) is 17.4 Å². The molecule has 1 aliphatic rings. The largest absolute Gasteiger partial charge is 0.475 e. The van der Waals surface area contributed by atoms with Gasteiger partial charge in [-0.3, -0.25) is 0 Å². The second kappa shape index (κ2) is 3.21. The molecule has 2 N–H and O–H groups in total. The van der Waals surface area contributed by atoms with Gasteiger partial charge in [0, 0.05) is 12.0 Å². The van der Waals surface area contributed by atoms with Crippen LogP contribution in [0.1, 0.15) is 33.7 Å². The van der Waals surface area contributed by atoms with Crippen LogP contribution < -0.4 is 0 Å². The Kier molecular flexibility index (Phi) is 1.90. The molecule has 0 aromatic carbocycles. The number of nitrogens with zero attached hydrogens (tertiary/aromatic N) is 1. The first kappa shape index (κ1) is 10.1. The standard InChI is InChI=1S/C11H9NO5/c1-4-9-7(17-12-4)3-6(13)5-2-8(11(14)15)16-10(5)9/h2,6,13H,3H2,1H3,(H,14,15). The molecule has 0 spiro atoms. The minimum Gasteiger partial charge on any atom is -0.475 e. The minimum absolute atomic E-state index is 0.192. The summed E-state index contributed by atoms with van der Waals surface area (Å²) in [6.45, 7) is 1.74. The van der Waals surface area contributed by atoms with E-state index in [0.717, 1.165) is 0 Å². The summed E-state index contributed by atoms with van der Waals surface area (Å²) in [5, 5.41) is 22.5. The molecule has 0 bridgehead atoms. The van der Waals surface area contributed by atoms with Crippen LogP contribution in [0.2, 0.25) is 0 Å². The van der Waals surface area contributed by atoms with Gasteiger partial charge < -0.3 is 19.2 Å². The maximum absolute atomic E-state index is 10.8. The normalized spacial score (nSPS) is 17.6. The fourth-order valence-electron chi connectivity index (χ4n) is 2.09. The Bertz CT molecular complexity index is 609. The van der Waals surface area contributed by atoms with E-state index in [1.165, 1.54) is 6.07 Å². The van der Waals surface area contributed by atoms with Gasteiger partial charge in [-0.15, -0.1) is 0 Å². The number of carboxylic acids is 1. The van der Waals surface area contributed by atoms with Crippen molar-refractivity contribution in [3.8, 4) is 11.3 Å². The average Bonchev–Trinajstić information content (AvgIpc) is 2.83. The lowest BCUT2D eigenvalue weighted by Crippen LogP contribution is -2.07. The maximum atomic E-state index is 10.8. The molecule has 0 radical (unpaired) electrons. The Morgan fingerprint density at radius 3 is 3.06 bits per heavy atom. The summed E-state index contributed by atoms with van der Waals surface area (Å²) in [6, 6.07) is 1.34. The number of rotatable bonds is 1. The number of aliphatic hydroxyl groups is 1. The van der Waals surface area contributed by atoms with Crippen LogP contribution in [0.4, 0.5) is 0 Å². The number of hydrogen-bond donors (Lipinski definition) is 2. The summed E-state index contributed by atoms with van der Waals surface area (Å²) in [5.41, 5.74) is 1.75. The van der Waals surface area contributed by atoms with Crippen LogP contribution in [0.5, 0.6) is 0 Å². The van der Waals surface area contributed by atoms with Gasteiger partial charge in [-0.2, -0.15) is 0 Å². The summed E-state index contributed by atoms with van der Waals surface area (Å²) in [5.74, 6) is -0.492. The van der Waals surface area contributed by atoms with Gasteiger partial charge in [0.2, 0.25) is 5.76 Å². The second-order valence-electron chi connectivity index (χ2n) is 3.99. The number of carbonyl (C=O) groups is 1. The molecule has 2 heterocycles. The highest BCUT2D eigenvalue weighted by atomic mass is 16.5. The summed E-state index contributed by atoms with van der Waals surface area (Å²) < 4.78 is 10.3. The van der Waals surface area contributed by atoms with E-state index in [0.29, 0.717) is 28.3 Å². The van der Waals surface area contributed by atoms with Crippen molar-refractivity contribution in [2.24, 2.45) is 0 Å². The molecule has 6 heteroatoms. The Labute approximate surface area is 95.5 Å². The van der Waals surface area contributed by atoms with Crippen LogP contribution in [0.25, 0.3) is 11.3 Å². The molecule has 88 valence electrons. The Morgan fingerprint density at radius 2 is 2.35 bits per heavy atom. The van der Waals surface area contributed by atoms with E-state index in [-0.39, 0.29) is 12.2 Å². The van der Waals surface area contributed by atoms with Gasteiger partial charge in [-0.1, -0.05) is 5.16 Å². The zero-order valence-electron chi connectivity index (χ0n) is 8.93. The Hall–Kier alpha value is -2.08. The van der Waals surface area contributed by atoms with E-state index in [2.05, 4.69) is 5.16 Å². The van der Waals surface area contributed by atoms with E-state index in [4.69, 9.17) is 14.0 Å². The van der Waals surface area contributed by atoms with Crippen molar-refractivity contribution in [3.05, 3.63) is 28.8 Å². The first-order valence-electron chi connectivity index (χ1n) is 5.08. The monoisotopic (exact) mass is 235 g/mol. The molecule has 1 atom stereocenters. The predicted molar refractivity (Wildman–Crippen MR) is 54.6 cm³/mol. The van der Waals surface area contributed by atoms with E-state index in [9.17, 15) is 9.90 Å². The molecule has 17 heavy (non-hydrogen) atoms. The van der Waals surface area contributed by atoms with Crippen LogP contribution >= 0.6 is 0 Å². The van der Waals surface area contributed by atoms with Gasteiger partial charge in [0.25, 0.3) is 0 Å². The number of aromatic carboxylic acids is 1. The number of hydrogen-bond acceptors (Lipinski definition) is 5. The predicted octanol–water partition coefficient (Wildman–Crippen LogP) is 1.53. The van der Waals surface area contributed by atoms with Gasteiger partial charge in [-0.25, -0.2) is 4.79 Å². The first-order chi connectivity index (χ1) is 8.08. The van der Waals surface area contributed by atoms with Gasteiger partial charge >= 0.3 is 5.97 Å². The highest BCUT2D eigenvalue weighted by Gasteiger charge is 2.33. The molecule has 3 rings (SSSR count). The number of aliphatic hydroxyl groups excluding tert-OH is 1. The van der Waals surface area contributed by atoms with Crippen molar-refractivity contribution < 1.29 is 23.9 Å². The molecular weight excluding hydrogens is 226 g/mol. The average molecular weight is 235 g/mol. The van der Waals surface area contributed by atoms with Crippen molar-refractivity contribution in [2.45, 2.75) is 19.4 Å². The number of fused-ring (bicyclic) bond motifs is 3. The zero-order chi connectivity index (χ0) is 12.2. The molecular formula is C11H9NO5. The lowest BCUT2D eigenvalue weighted by Gasteiger charge is -2.14. The third-order valence-electron chi connectivity index (χ3n) is 2.87. The molecule has 0 aliphatic heterocycles. The summed E-state index contributed by atoms with van der Waals surface area (Å²) in [4.78, 5) is 10.8. The molecule has 6 nitrogen and oxygen atoms in total. The lowest BCUT2D eigenvalue weighted by atomic mass is 9.93. The molecule has 1 aliphatic carbocycles. The number of aromatic nitrogens is 1. The fourth-order valence-corrected chi connectivity index (χ4v) is 2.09. The minimum atomic E-state index is -1.16. The van der Waals surface area contributed by atoms with E-state index in [1.807, 2.05) is 0 Å². The van der Waals surface area contributed by atoms with Crippen molar-refractivity contribution in [1.29, 1.82) is 0 Å². The summed E-state index contributed by atoms with van der Waals surface area (Å²) >= 11 is 0. The van der Waals surface area contributed by atoms with Crippen LogP contribution in [0, 0.1) is 6.92 Å². The number of aryl methyl sites for hydroxylation is 1. The SMILES string of the molecule is Cc1noc2c1-c1oc(C(=O)O)cc1C(O)C2. The highest BCUT2D eigenvalue weighted by molar-refractivity contribution is 5.86. The molecule has 0 saturated carbocycles. The molecule has 2 aromatic rings. The quantitative estimate of drug-likeness (QED) is 0.777. The Balaban J connectivity index is 2.26. The molecule has 1 unspecified atom stereocenters. The fraction of sp³-hybridized carbons (Fsp3) is 0.273. The number of furan rings is 1. The Morgan fingerprint density at radius 1 is 1.59 bits per heavy atom. The lowest BCUT2D eigenvalue weighted by molar-refractivity contribution is 0.0663. The topological polar surface area (TPSA) is 96.7 Å². The van der Waals surface area contributed by atoms with Crippen molar-refractivity contribution in [1.82, 2.24) is 5.16 Å². The van der Waals surface area contributed by atoms with Crippen molar-refractivity contribution in [2.75, 3.05) is 0 Å². The molecule has 0 fully saturated rings. The van der Waals surface area contributed by atoms with Crippen LogP contribution in [0.3, 0.4) is 0 Å². The van der Waals surface area contributed by atoms with E-state index < -0.39 is 12.1 Å². The maximum Gasteiger partial charge on any atom is 0.371 e. The first-order valence-corrected chi connectivity index (χ1v) is 5.08. The molecule has 0 saturated heterocycles. The van der Waals surface area contributed by atoms with Crippen LogP contribution in [0.15, 0.2) is 15.0 Å². The highest BCUT2D eigenvalue weighted by Crippen LogP contribution is 2.42. The van der Waals surface area contributed by atoms with Crippen LogP contribution in [-0.4, -0.2) is 21.3 Å². The third-order valence-corrected chi connectivity index (χ3v) is 2.87. The summed E-state index contributed by atoms with van der Waals surface area (Å²) in [7, 11) is 0. The van der Waals surface area contributed by atoms with Crippen molar-refractivity contribution >= 4 is 5.97 Å². The number of carboxylic acid groups (broad SMARTS) is 1. The van der Waals surface area contributed by atoms with Crippen LogP contribution in [-0.2, 0) is 6.42 Å². The second-order valence-corrected chi connectivity index (χ2v) is 3.99. The summed E-state index contributed by atoms with van der Waals surface area (Å²) in [6.07, 6.45) is -0.538. The van der Waals surface area contributed by atoms with E-state index >= 15 is 0 Å². The van der Waals surface area contributed by atoms with Gasteiger partial charge in [-0.05, 0) is 13.0 Å². The van der Waals surface area contributed by atoms with Gasteiger partial charge in [0.15, 0.2) is 5.76 Å². The third kappa shape index (κ3) is 1.31.